The van der Waals surface area contributed by atoms with Crippen LogP contribution in [-0.4, -0.2) is 44.5 Å². The van der Waals surface area contributed by atoms with Crippen molar-refractivity contribution in [1.82, 2.24) is 24.7 Å². The summed E-state index contributed by atoms with van der Waals surface area (Å²) in [6, 6.07) is 12.1. The third kappa shape index (κ3) is 5.72. The van der Waals surface area contributed by atoms with Crippen LogP contribution in [0.2, 0.25) is 0 Å². The average Bonchev–Trinajstić information content (AvgIpc) is 3.25. The molecular weight excluding hydrogens is 500 g/mol. The minimum Gasteiger partial charge on any atom is -0.366 e. The zero-order chi connectivity index (χ0) is 26.7. The fourth-order valence-electron chi connectivity index (χ4n) is 3.85. The summed E-state index contributed by atoms with van der Waals surface area (Å²) in [6.07, 6.45) is 1.89. The molecule has 0 N–H and O–H groups in total. The van der Waals surface area contributed by atoms with Crippen molar-refractivity contribution < 1.29 is 21.9 Å². The van der Waals surface area contributed by atoms with Crippen molar-refractivity contribution in [1.29, 1.82) is 0 Å². The number of aryl methyl sites for hydroxylation is 1. The molecule has 0 unspecified atom stereocenters. The normalized spacial score (nSPS) is 13.6. The van der Waals surface area contributed by atoms with Gasteiger partial charge in [0.05, 0.1) is 11.4 Å². The molecule has 0 saturated carbocycles. The van der Waals surface area contributed by atoms with Gasteiger partial charge < -0.3 is 4.74 Å². The first-order chi connectivity index (χ1) is 17.6. The Balaban J connectivity index is 1.79. The Labute approximate surface area is 214 Å². The van der Waals surface area contributed by atoms with Gasteiger partial charge in [-0.25, -0.2) is 27.2 Å². The molecular formula is C26H27F2N5O3S. The van der Waals surface area contributed by atoms with E-state index in [2.05, 4.69) is 20.2 Å². The Bertz CT molecular complexity index is 1460. The standard InChI is InChI=1S/C26H27F2N5O3S/c1-16(2)36-24(25-29-13-17(3)14-30-25)18(4)37(34,35)15-22-31-32-26(19-9-6-5-7-10-19)33(22)23-20(27)11-8-12-21(23)28/h5-14,16,18,24H,15H2,1-4H3/t18-,24+/m0/s1. The predicted molar refractivity (Wildman–Crippen MR) is 135 cm³/mol. The monoisotopic (exact) mass is 527 g/mol. The average molecular weight is 528 g/mol. The molecule has 0 spiro atoms. The van der Waals surface area contributed by atoms with Gasteiger partial charge in [-0.15, -0.1) is 10.2 Å². The van der Waals surface area contributed by atoms with E-state index in [1.165, 1.54) is 13.0 Å². The van der Waals surface area contributed by atoms with Crippen LogP contribution in [-0.2, 0) is 20.3 Å². The van der Waals surface area contributed by atoms with E-state index in [4.69, 9.17) is 4.74 Å². The molecule has 0 fully saturated rings. The number of hydrogen-bond donors (Lipinski definition) is 0. The Kier molecular flexibility index (Phi) is 7.74. The third-order valence-electron chi connectivity index (χ3n) is 5.72. The number of hydrogen-bond acceptors (Lipinski definition) is 7. The minimum absolute atomic E-state index is 0.110. The van der Waals surface area contributed by atoms with Gasteiger partial charge in [-0.2, -0.15) is 0 Å². The van der Waals surface area contributed by atoms with Crippen molar-refractivity contribution in [3.8, 4) is 17.1 Å². The molecule has 8 nitrogen and oxygen atoms in total. The highest BCUT2D eigenvalue weighted by Crippen LogP contribution is 2.30. The first-order valence-electron chi connectivity index (χ1n) is 11.7. The summed E-state index contributed by atoms with van der Waals surface area (Å²) in [6.45, 7) is 6.88. The lowest BCUT2D eigenvalue weighted by molar-refractivity contribution is 0.00141. The van der Waals surface area contributed by atoms with Gasteiger partial charge in [0.1, 0.15) is 29.2 Å². The second kappa shape index (κ2) is 10.8. The van der Waals surface area contributed by atoms with Gasteiger partial charge in [0.25, 0.3) is 0 Å². The van der Waals surface area contributed by atoms with Crippen molar-refractivity contribution in [3.63, 3.8) is 0 Å². The Morgan fingerprint density at radius 1 is 0.919 bits per heavy atom. The molecule has 37 heavy (non-hydrogen) atoms. The molecule has 2 aromatic heterocycles. The lowest BCUT2D eigenvalue weighted by Gasteiger charge is -2.25. The van der Waals surface area contributed by atoms with Crippen molar-refractivity contribution in [3.05, 3.63) is 89.8 Å². The molecule has 0 aliphatic rings. The summed E-state index contributed by atoms with van der Waals surface area (Å²) in [7, 11) is -4.01. The summed E-state index contributed by atoms with van der Waals surface area (Å²) < 4.78 is 64.2. The number of sulfone groups is 1. The molecule has 0 bridgehead atoms. The van der Waals surface area contributed by atoms with E-state index >= 15 is 0 Å². The van der Waals surface area contributed by atoms with Crippen LogP contribution in [0.1, 0.15) is 44.1 Å². The molecule has 2 atom stereocenters. The number of para-hydroxylation sites is 1. The van der Waals surface area contributed by atoms with Crippen molar-refractivity contribution in [2.75, 3.05) is 0 Å². The molecule has 0 saturated heterocycles. The summed E-state index contributed by atoms with van der Waals surface area (Å²) in [5, 5.41) is 7.06. The van der Waals surface area contributed by atoms with Crippen molar-refractivity contribution in [2.24, 2.45) is 0 Å². The first-order valence-corrected chi connectivity index (χ1v) is 13.4. The number of halogens is 2. The third-order valence-corrected chi connectivity index (χ3v) is 7.76. The molecule has 0 aliphatic carbocycles. The van der Waals surface area contributed by atoms with Crippen LogP contribution in [0, 0.1) is 18.6 Å². The van der Waals surface area contributed by atoms with Crippen LogP contribution >= 0.6 is 0 Å². The second-order valence-electron chi connectivity index (χ2n) is 8.95. The van der Waals surface area contributed by atoms with Gasteiger partial charge in [0, 0.05) is 18.0 Å². The van der Waals surface area contributed by atoms with Crippen molar-refractivity contribution in [2.45, 2.75) is 50.9 Å². The van der Waals surface area contributed by atoms with Gasteiger partial charge in [-0.05, 0) is 45.4 Å². The van der Waals surface area contributed by atoms with E-state index < -0.39 is 44.3 Å². The SMILES string of the molecule is Cc1cnc([C@H](OC(C)C)[C@H](C)S(=O)(=O)Cc2nnc(-c3ccccc3)n2-c2c(F)cccc2F)nc1. The van der Waals surface area contributed by atoms with Gasteiger partial charge in [0.15, 0.2) is 27.3 Å². The fourth-order valence-corrected chi connectivity index (χ4v) is 5.22. The number of aromatic nitrogens is 5. The number of nitrogens with zero attached hydrogens (tertiary/aromatic N) is 5. The van der Waals surface area contributed by atoms with Gasteiger partial charge in [-0.3, -0.25) is 4.57 Å². The number of benzene rings is 2. The second-order valence-corrected chi connectivity index (χ2v) is 11.3. The summed E-state index contributed by atoms with van der Waals surface area (Å²) in [5.74, 6) is -2.20. The maximum absolute atomic E-state index is 14.9. The zero-order valence-corrected chi connectivity index (χ0v) is 21.7. The number of ether oxygens (including phenoxy) is 1. The summed E-state index contributed by atoms with van der Waals surface area (Å²) >= 11 is 0. The lowest BCUT2D eigenvalue weighted by Crippen LogP contribution is -2.32. The van der Waals surface area contributed by atoms with E-state index in [0.29, 0.717) is 5.56 Å². The van der Waals surface area contributed by atoms with E-state index in [1.807, 2.05) is 6.92 Å². The molecule has 2 heterocycles. The molecule has 194 valence electrons. The van der Waals surface area contributed by atoms with Crippen LogP contribution in [0.15, 0.2) is 60.9 Å². The van der Waals surface area contributed by atoms with E-state index in [1.54, 1.807) is 56.6 Å². The molecule has 4 rings (SSSR count). The van der Waals surface area contributed by atoms with Crippen molar-refractivity contribution >= 4 is 9.84 Å². The van der Waals surface area contributed by atoms with E-state index in [-0.39, 0.29) is 23.6 Å². The van der Waals surface area contributed by atoms with Crippen LogP contribution in [0.25, 0.3) is 17.1 Å². The molecule has 0 radical (unpaired) electrons. The zero-order valence-electron chi connectivity index (χ0n) is 20.8. The van der Waals surface area contributed by atoms with Crippen LogP contribution in [0.5, 0.6) is 0 Å². The van der Waals surface area contributed by atoms with E-state index in [9.17, 15) is 17.2 Å². The fraction of sp³-hybridized carbons (Fsp3) is 0.308. The highest BCUT2D eigenvalue weighted by Gasteiger charge is 2.36. The van der Waals surface area contributed by atoms with Gasteiger partial charge >= 0.3 is 0 Å². The Morgan fingerprint density at radius 3 is 2.14 bits per heavy atom. The molecule has 2 aromatic carbocycles. The van der Waals surface area contributed by atoms with E-state index in [0.717, 1.165) is 22.3 Å². The van der Waals surface area contributed by atoms with Crippen LogP contribution in [0.3, 0.4) is 0 Å². The van der Waals surface area contributed by atoms with Gasteiger partial charge in [-0.1, -0.05) is 36.4 Å². The van der Waals surface area contributed by atoms with Crippen LogP contribution in [0.4, 0.5) is 8.78 Å². The molecule has 4 aromatic rings. The summed E-state index contributed by atoms with van der Waals surface area (Å²) in [4.78, 5) is 8.55. The Morgan fingerprint density at radius 2 is 1.54 bits per heavy atom. The number of rotatable bonds is 9. The maximum atomic E-state index is 14.9. The molecule has 0 amide bonds. The Hall–Kier alpha value is -3.57. The lowest BCUT2D eigenvalue weighted by atomic mass is 10.2. The molecule has 0 aliphatic heterocycles. The highest BCUT2D eigenvalue weighted by atomic mass is 32.2. The minimum atomic E-state index is -4.01. The van der Waals surface area contributed by atoms with Crippen LogP contribution < -0.4 is 0 Å². The predicted octanol–water partition coefficient (Wildman–Crippen LogP) is 4.78. The summed E-state index contributed by atoms with van der Waals surface area (Å²) in [5.41, 5.74) is 0.875. The topological polar surface area (TPSA) is 99.9 Å². The smallest absolute Gasteiger partial charge is 0.168 e. The van der Waals surface area contributed by atoms with Gasteiger partial charge in [0.2, 0.25) is 0 Å². The highest BCUT2D eigenvalue weighted by molar-refractivity contribution is 7.91. The maximum Gasteiger partial charge on any atom is 0.168 e. The quantitative estimate of drug-likeness (QED) is 0.309. The first kappa shape index (κ1) is 26.5. The molecule has 11 heteroatoms. The largest absolute Gasteiger partial charge is 0.366 e.